The molecule has 3 aromatic rings. The van der Waals surface area contributed by atoms with Crippen LogP contribution in [-0.4, -0.2) is 24.9 Å². The number of hydrogen-bond donors (Lipinski definition) is 1. The third-order valence-corrected chi connectivity index (χ3v) is 6.22. The highest BCUT2D eigenvalue weighted by Crippen LogP contribution is 2.31. The lowest BCUT2D eigenvalue weighted by molar-refractivity contribution is -0.132. The Morgan fingerprint density at radius 3 is 2.10 bits per heavy atom. The largest absolute Gasteiger partial charge is 0.354 e. The van der Waals surface area contributed by atoms with Gasteiger partial charge >= 0.3 is 0 Å². The number of para-hydroxylation sites is 1. The Kier molecular flexibility index (Phi) is 6.29. The topological polar surface area (TPSA) is 49.4 Å². The zero-order valence-corrected chi connectivity index (χ0v) is 18.1. The van der Waals surface area contributed by atoms with Gasteiger partial charge in [0.25, 0.3) is 0 Å². The molecule has 1 aliphatic heterocycles. The van der Waals surface area contributed by atoms with Gasteiger partial charge in [0.1, 0.15) is 5.92 Å². The first kappa shape index (κ1) is 20.4. The molecule has 30 heavy (non-hydrogen) atoms. The number of carbonyl (C=O) groups excluding carboxylic acids is 2. The first-order valence-electron chi connectivity index (χ1n) is 10.1. The number of benzene rings is 3. The van der Waals surface area contributed by atoms with Crippen LogP contribution in [0.15, 0.2) is 89.4 Å². The molecule has 5 heteroatoms. The van der Waals surface area contributed by atoms with Gasteiger partial charge in [-0.25, -0.2) is 0 Å². The third kappa shape index (κ3) is 4.31. The minimum absolute atomic E-state index is 0.0345. The van der Waals surface area contributed by atoms with E-state index in [1.807, 2.05) is 60.7 Å². The van der Waals surface area contributed by atoms with Gasteiger partial charge in [0.15, 0.2) is 0 Å². The Balaban J connectivity index is 1.47. The van der Waals surface area contributed by atoms with Crippen LogP contribution in [0.25, 0.3) is 0 Å². The summed E-state index contributed by atoms with van der Waals surface area (Å²) in [5.41, 5.74) is 3.08. The molecule has 3 aromatic carbocycles. The summed E-state index contributed by atoms with van der Waals surface area (Å²) in [6.07, 6.45) is 0.521. The molecule has 1 saturated heterocycles. The Bertz CT molecular complexity index is 984. The SMILES string of the molecule is O=C(NCC(c1ccccc1)c1ccccc1)C1CCN(c2ccccc2Br)C1=O. The molecule has 0 saturated carbocycles. The number of hydrogen-bond acceptors (Lipinski definition) is 2. The maximum absolute atomic E-state index is 12.9. The average molecular weight is 463 g/mol. The van der Waals surface area contributed by atoms with Crippen LogP contribution >= 0.6 is 15.9 Å². The van der Waals surface area contributed by atoms with Gasteiger partial charge in [-0.05, 0) is 45.6 Å². The maximum atomic E-state index is 12.9. The minimum Gasteiger partial charge on any atom is -0.354 e. The second-order valence-electron chi connectivity index (χ2n) is 7.40. The van der Waals surface area contributed by atoms with Crippen LogP contribution in [0.2, 0.25) is 0 Å². The molecule has 0 bridgehead atoms. The lowest BCUT2D eigenvalue weighted by Crippen LogP contribution is -2.38. The zero-order chi connectivity index (χ0) is 20.9. The summed E-state index contributed by atoms with van der Waals surface area (Å²) in [6.45, 7) is 0.992. The molecule has 152 valence electrons. The molecule has 1 heterocycles. The average Bonchev–Trinajstić information content (AvgIpc) is 3.17. The fourth-order valence-electron chi connectivity index (χ4n) is 3.96. The lowest BCUT2D eigenvalue weighted by atomic mass is 9.91. The van der Waals surface area contributed by atoms with Crippen molar-refractivity contribution in [1.82, 2.24) is 5.32 Å². The molecule has 1 aliphatic rings. The van der Waals surface area contributed by atoms with Gasteiger partial charge in [0.2, 0.25) is 11.8 Å². The van der Waals surface area contributed by atoms with E-state index < -0.39 is 5.92 Å². The van der Waals surface area contributed by atoms with E-state index in [9.17, 15) is 9.59 Å². The van der Waals surface area contributed by atoms with Crippen molar-refractivity contribution in [2.24, 2.45) is 5.92 Å². The van der Waals surface area contributed by atoms with Crippen molar-refractivity contribution in [2.75, 3.05) is 18.0 Å². The van der Waals surface area contributed by atoms with Crippen molar-refractivity contribution in [1.29, 1.82) is 0 Å². The van der Waals surface area contributed by atoms with E-state index in [0.717, 1.165) is 21.3 Å². The predicted octanol–water partition coefficient (Wildman–Crippen LogP) is 4.75. The second-order valence-corrected chi connectivity index (χ2v) is 8.26. The number of nitrogens with zero attached hydrogens (tertiary/aromatic N) is 1. The number of rotatable bonds is 6. The molecular weight excluding hydrogens is 440 g/mol. The Morgan fingerprint density at radius 1 is 0.933 bits per heavy atom. The highest BCUT2D eigenvalue weighted by molar-refractivity contribution is 9.10. The highest BCUT2D eigenvalue weighted by atomic mass is 79.9. The van der Waals surface area contributed by atoms with Crippen LogP contribution < -0.4 is 10.2 Å². The summed E-state index contributed by atoms with van der Waals surface area (Å²) in [5, 5.41) is 3.04. The summed E-state index contributed by atoms with van der Waals surface area (Å²) >= 11 is 3.50. The zero-order valence-electron chi connectivity index (χ0n) is 16.5. The molecule has 4 rings (SSSR count). The first-order chi connectivity index (χ1) is 14.6. The van der Waals surface area contributed by atoms with Crippen LogP contribution in [0, 0.1) is 5.92 Å². The van der Waals surface area contributed by atoms with Crippen LogP contribution in [0.4, 0.5) is 5.69 Å². The maximum Gasteiger partial charge on any atom is 0.239 e. The van der Waals surface area contributed by atoms with E-state index >= 15 is 0 Å². The molecule has 2 amide bonds. The van der Waals surface area contributed by atoms with Crippen molar-refractivity contribution in [3.63, 3.8) is 0 Å². The lowest BCUT2D eigenvalue weighted by Gasteiger charge is -2.21. The van der Waals surface area contributed by atoms with Crippen LogP contribution in [0.1, 0.15) is 23.5 Å². The van der Waals surface area contributed by atoms with Crippen molar-refractivity contribution >= 4 is 33.4 Å². The molecule has 0 spiro atoms. The summed E-state index contributed by atoms with van der Waals surface area (Å²) in [4.78, 5) is 27.5. The van der Waals surface area contributed by atoms with Crippen LogP contribution in [0.3, 0.4) is 0 Å². The molecule has 1 atom stereocenters. The molecule has 4 nitrogen and oxygen atoms in total. The van der Waals surface area contributed by atoms with Gasteiger partial charge in [-0.2, -0.15) is 0 Å². The van der Waals surface area contributed by atoms with E-state index in [-0.39, 0.29) is 17.7 Å². The van der Waals surface area contributed by atoms with Gasteiger partial charge in [0, 0.05) is 23.5 Å². The molecule has 0 aliphatic carbocycles. The molecule has 0 radical (unpaired) electrons. The standard InChI is InChI=1S/C25H23BrN2O2/c26-22-13-7-8-14-23(22)28-16-15-20(25(28)30)24(29)27-17-21(18-9-3-1-4-10-18)19-11-5-2-6-12-19/h1-14,20-21H,15-17H2,(H,27,29). The van der Waals surface area contributed by atoms with E-state index in [4.69, 9.17) is 0 Å². The Labute approximate surface area is 185 Å². The number of nitrogens with one attached hydrogen (secondary N) is 1. The minimum atomic E-state index is -0.649. The summed E-state index contributed by atoms with van der Waals surface area (Å²) in [7, 11) is 0. The van der Waals surface area contributed by atoms with Crippen molar-refractivity contribution in [3.8, 4) is 0 Å². The van der Waals surface area contributed by atoms with Crippen molar-refractivity contribution in [2.45, 2.75) is 12.3 Å². The number of carbonyl (C=O) groups is 2. The fourth-order valence-corrected chi connectivity index (χ4v) is 4.46. The molecule has 1 fully saturated rings. The van der Waals surface area contributed by atoms with Gasteiger partial charge in [-0.1, -0.05) is 72.8 Å². The van der Waals surface area contributed by atoms with Crippen LogP contribution in [-0.2, 0) is 9.59 Å². The molecule has 1 N–H and O–H groups in total. The molecule has 1 unspecified atom stereocenters. The van der Waals surface area contributed by atoms with Crippen molar-refractivity contribution in [3.05, 3.63) is 101 Å². The number of amides is 2. The van der Waals surface area contributed by atoms with Gasteiger partial charge in [0.05, 0.1) is 5.69 Å². The Hall–Kier alpha value is -2.92. The quantitative estimate of drug-likeness (QED) is 0.537. The molecule has 0 aromatic heterocycles. The smallest absolute Gasteiger partial charge is 0.239 e. The monoisotopic (exact) mass is 462 g/mol. The molecular formula is C25H23BrN2O2. The van der Waals surface area contributed by atoms with Gasteiger partial charge in [-0.3, -0.25) is 9.59 Å². The second kappa shape index (κ2) is 9.26. The first-order valence-corrected chi connectivity index (χ1v) is 10.9. The third-order valence-electron chi connectivity index (χ3n) is 5.55. The van der Waals surface area contributed by atoms with Crippen LogP contribution in [0.5, 0.6) is 0 Å². The predicted molar refractivity (Wildman–Crippen MR) is 122 cm³/mol. The number of anilines is 1. The fraction of sp³-hybridized carbons (Fsp3) is 0.200. The van der Waals surface area contributed by atoms with E-state index in [1.54, 1.807) is 4.90 Å². The van der Waals surface area contributed by atoms with Gasteiger partial charge < -0.3 is 10.2 Å². The number of halogens is 1. The highest BCUT2D eigenvalue weighted by Gasteiger charge is 2.38. The Morgan fingerprint density at radius 2 is 1.50 bits per heavy atom. The van der Waals surface area contributed by atoms with E-state index in [1.165, 1.54) is 0 Å². The summed E-state index contributed by atoms with van der Waals surface area (Å²) < 4.78 is 0.854. The summed E-state index contributed by atoms with van der Waals surface area (Å²) in [6, 6.07) is 27.9. The van der Waals surface area contributed by atoms with E-state index in [2.05, 4.69) is 45.5 Å². The van der Waals surface area contributed by atoms with E-state index in [0.29, 0.717) is 19.5 Å². The van der Waals surface area contributed by atoms with Gasteiger partial charge in [-0.15, -0.1) is 0 Å². The summed E-state index contributed by atoms with van der Waals surface area (Å²) in [5.74, 6) is -0.960. The normalized spacial score (nSPS) is 16.1. The van der Waals surface area contributed by atoms with Crippen molar-refractivity contribution < 1.29 is 9.59 Å².